The molecule has 0 aliphatic carbocycles. The van der Waals surface area contributed by atoms with Gasteiger partial charge in [-0.15, -0.1) is 0 Å². The van der Waals surface area contributed by atoms with Crippen molar-refractivity contribution in [2.24, 2.45) is 0 Å². The lowest BCUT2D eigenvalue weighted by molar-refractivity contribution is -0.119. The van der Waals surface area contributed by atoms with Gasteiger partial charge in [0.2, 0.25) is 21.7 Å². The number of aromatic hydroxyl groups is 1. The van der Waals surface area contributed by atoms with Gasteiger partial charge in [-0.25, -0.2) is 35.2 Å². The maximum absolute atomic E-state index is 15.0. The molecule has 0 atom stereocenters. The fraction of sp³-hybridized carbons (Fsp3) is 0.297. The number of carbonyl (C=O) groups excluding carboxylic acids is 1. The Balaban J connectivity index is 1.91. The van der Waals surface area contributed by atoms with Crippen molar-refractivity contribution in [3.8, 4) is 5.75 Å². The zero-order valence-corrected chi connectivity index (χ0v) is 29.5. The zero-order valence-electron chi connectivity index (χ0n) is 28.7. The van der Waals surface area contributed by atoms with Gasteiger partial charge in [-0.2, -0.15) is 4.31 Å². The lowest BCUT2D eigenvalue weighted by Crippen LogP contribution is -2.43. The Morgan fingerprint density at radius 1 is 0.686 bits per heavy atom. The third-order valence-electron chi connectivity index (χ3n) is 8.17. The number of rotatable bonds is 10. The minimum atomic E-state index is -5.62. The van der Waals surface area contributed by atoms with Crippen molar-refractivity contribution < 1.29 is 50.2 Å². The molecule has 1 amide bonds. The van der Waals surface area contributed by atoms with Gasteiger partial charge < -0.3 is 15.1 Å². The second-order valence-electron chi connectivity index (χ2n) is 14.1. The van der Waals surface area contributed by atoms with E-state index in [0.717, 1.165) is 28.2 Å². The third-order valence-corrected chi connectivity index (χ3v) is 9.98. The fourth-order valence-electron chi connectivity index (χ4n) is 5.21. The van der Waals surface area contributed by atoms with Crippen LogP contribution in [0.15, 0.2) is 71.6 Å². The van der Waals surface area contributed by atoms with Crippen LogP contribution in [-0.4, -0.2) is 41.4 Å². The molecule has 0 heterocycles. The van der Waals surface area contributed by atoms with Crippen molar-refractivity contribution >= 4 is 27.6 Å². The molecule has 0 saturated carbocycles. The van der Waals surface area contributed by atoms with E-state index in [4.69, 9.17) is 0 Å². The van der Waals surface area contributed by atoms with Gasteiger partial charge in [-0.05, 0) is 45.2 Å². The number of anilines is 1. The molecule has 0 bridgehead atoms. The zero-order chi connectivity index (χ0) is 38.2. The highest BCUT2D eigenvalue weighted by Gasteiger charge is 2.39. The van der Waals surface area contributed by atoms with E-state index in [1.165, 1.54) is 30.3 Å². The fourth-order valence-corrected chi connectivity index (χ4v) is 6.70. The predicted molar refractivity (Wildman–Crippen MR) is 180 cm³/mol. The first kappa shape index (κ1) is 39.0. The molecule has 4 rings (SSSR count). The highest BCUT2D eigenvalue weighted by molar-refractivity contribution is 7.89. The standard InChI is InChI=1S/C37H37F5N2O6S/c1-36(2,3)23-14-22(15-24(16-23)37(4,5)6)19-44(25-12-13-26(35(47)48)27(45)17-25)28(46)20-43(18-21-10-8-7-9-11-21)51(49,50)34-32(41)30(39)29(38)31(40)33(34)42/h7-17,45H,18-20H2,1-6H3,(H,47,48). The Labute approximate surface area is 292 Å². The van der Waals surface area contributed by atoms with E-state index in [9.17, 15) is 50.2 Å². The van der Waals surface area contributed by atoms with E-state index >= 15 is 0 Å². The topological polar surface area (TPSA) is 115 Å². The third kappa shape index (κ3) is 8.39. The number of halogens is 5. The summed E-state index contributed by atoms with van der Waals surface area (Å²) in [5.74, 6) is -15.9. The normalized spacial score (nSPS) is 12.3. The number of carbonyl (C=O) groups is 2. The minimum Gasteiger partial charge on any atom is -0.507 e. The number of sulfonamides is 1. The molecule has 4 aromatic carbocycles. The molecule has 0 radical (unpaired) electrons. The summed E-state index contributed by atoms with van der Waals surface area (Å²) in [6.45, 7) is 9.73. The molecular weight excluding hydrogens is 695 g/mol. The summed E-state index contributed by atoms with van der Waals surface area (Å²) in [4.78, 5) is 24.8. The van der Waals surface area contributed by atoms with Crippen molar-refractivity contribution in [3.05, 3.63) is 124 Å². The number of aromatic carboxylic acids is 1. The number of carboxylic acids is 1. The molecule has 0 unspecified atom stereocenters. The van der Waals surface area contributed by atoms with E-state index in [2.05, 4.69) is 0 Å². The van der Waals surface area contributed by atoms with Crippen LogP contribution >= 0.6 is 0 Å². The summed E-state index contributed by atoms with van der Waals surface area (Å²) in [6, 6.07) is 16.4. The second kappa shape index (κ2) is 14.4. The van der Waals surface area contributed by atoms with Crippen LogP contribution in [0.4, 0.5) is 27.6 Å². The van der Waals surface area contributed by atoms with Crippen molar-refractivity contribution in [1.82, 2.24) is 4.31 Å². The van der Waals surface area contributed by atoms with Crippen molar-refractivity contribution in [1.29, 1.82) is 0 Å². The molecule has 8 nitrogen and oxygen atoms in total. The van der Waals surface area contributed by atoms with Crippen LogP contribution in [0.25, 0.3) is 0 Å². The summed E-state index contributed by atoms with van der Waals surface area (Å²) in [5.41, 5.74) is 1.26. The molecule has 2 N–H and O–H groups in total. The van der Waals surface area contributed by atoms with Gasteiger partial charge >= 0.3 is 5.97 Å². The Kier molecular flexibility index (Phi) is 11.0. The maximum atomic E-state index is 15.0. The summed E-state index contributed by atoms with van der Waals surface area (Å²) in [5, 5.41) is 20.0. The van der Waals surface area contributed by atoms with Crippen LogP contribution in [0, 0.1) is 29.1 Å². The SMILES string of the molecule is CC(C)(C)c1cc(CN(C(=O)CN(Cc2ccccc2)S(=O)(=O)c2c(F)c(F)c(F)c(F)c2F)c2ccc(C(=O)O)c(O)c2)cc(C(C)(C)C)c1. The molecule has 0 saturated heterocycles. The number of phenols is 1. The summed E-state index contributed by atoms with van der Waals surface area (Å²) >= 11 is 0. The van der Waals surface area contributed by atoms with Gasteiger partial charge in [0.05, 0.1) is 13.1 Å². The van der Waals surface area contributed by atoms with Gasteiger partial charge in [-0.1, -0.05) is 90.1 Å². The molecule has 0 aliphatic rings. The number of hydrogen-bond donors (Lipinski definition) is 2. The Morgan fingerprint density at radius 2 is 1.20 bits per heavy atom. The van der Waals surface area contributed by atoms with E-state index in [0.29, 0.717) is 5.56 Å². The summed E-state index contributed by atoms with van der Waals surface area (Å²) < 4.78 is 100. The van der Waals surface area contributed by atoms with Gasteiger partial charge in [0, 0.05) is 18.3 Å². The number of amides is 1. The quantitative estimate of drug-likeness (QED) is 0.0977. The molecule has 51 heavy (non-hydrogen) atoms. The molecule has 0 aromatic heterocycles. The van der Waals surface area contributed by atoms with Crippen molar-refractivity contribution in [3.63, 3.8) is 0 Å². The van der Waals surface area contributed by atoms with Crippen LogP contribution < -0.4 is 4.90 Å². The number of nitrogens with zero attached hydrogens (tertiary/aromatic N) is 2. The average molecular weight is 733 g/mol. The van der Waals surface area contributed by atoms with Gasteiger partial charge in [0.1, 0.15) is 11.3 Å². The first-order valence-corrected chi connectivity index (χ1v) is 17.0. The monoisotopic (exact) mass is 732 g/mol. The largest absolute Gasteiger partial charge is 0.507 e. The average Bonchev–Trinajstić information content (AvgIpc) is 3.04. The van der Waals surface area contributed by atoms with Crippen molar-refractivity contribution in [2.75, 3.05) is 11.4 Å². The predicted octanol–water partition coefficient (Wildman–Crippen LogP) is 7.81. The van der Waals surface area contributed by atoms with E-state index in [1.54, 1.807) is 6.07 Å². The van der Waals surface area contributed by atoms with Crippen LogP contribution in [0.5, 0.6) is 5.75 Å². The lowest BCUT2D eigenvalue weighted by atomic mass is 9.79. The maximum Gasteiger partial charge on any atom is 0.339 e. The number of benzene rings is 4. The van der Waals surface area contributed by atoms with Crippen molar-refractivity contribution in [2.45, 2.75) is 70.4 Å². The van der Waals surface area contributed by atoms with Crippen LogP contribution in [-0.2, 0) is 38.7 Å². The molecular formula is C37H37F5N2O6S. The number of carboxylic acid groups (broad SMARTS) is 1. The van der Waals surface area contributed by atoms with E-state index in [1.807, 2.05) is 59.7 Å². The Bertz CT molecular complexity index is 2030. The minimum absolute atomic E-state index is 0.0748. The van der Waals surface area contributed by atoms with Crippen LogP contribution in [0.1, 0.15) is 74.2 Å². The Morgan fingerprint density at radius 3 is 1.67 bits per heavy atom. The highest BCUT2D eigenvalue weighted by atomic mass is 32.2. The second-order valence-corrected chi connectivity index (χ2v) is 15.9. The lowest BCUT2D eigenvalue weighted by Gasteiger charge is -2.30. The van der Waals surface area contributed by atoms with E-state index < -0.39 is 80.3 Å². The summed E-state index contributed by atoms with van der Waals surface area (Å²) in [7, 11) is -5.62. The Hall–Kier alpha value is -4.82. The molecule has 0 spiro atoms. The first-order valence-electron chi connectivity index (χ1n) is 15.6. The summed E-state index contributed by atoms with van der Waals surface area (Å²) in [6.07, 6.45) is 0. The van der Waals surface area contributed by atoms with E-state index in [-0.39, 0.29) is 32.9 Å². The molecule has 4 aromatic rings. The van der Waals surface area contributed by atoms with Crippen LogP contribution in [0.3, 0.4) is 0 Å². The highest BCUT2D eigenvalue weighted by Crippen LogP contribution is 2.34. The van der Waals surface area contributed by atoms with Crippen LogP contribution in [0.2, 0.25) is 0 Å². The molecule has 0 fully saturated rings. The van der Waals surface area contributed by atoms with Gasteiger partial charge in [0.25, 0.3) is 0 Å². The number of hydrogen-bond acceptors (Lipinski definition) is 5. The molecule has 0 aliphatic heterocycles. The smallest absolute Gasteiger partial charge is 0.339 e. The molecule has 272 valence electrons. The first-order chi connectivity index (χ1) is 23.5. The van der Waals surface area contributed by atoms with Gasteiger partial charge in [0.15, 0.2) is 28.2 Å². The van der Waals surface area contributed by atoms with Gasteiger partial charge in [-0.3, -0.25) is 4.79 Å². The molecule has 14 heteroatoms.